The molecule has 3 nitrogen and oxygen atoms in total. The van der Waals surface area contributed by atoms with Crippen LogP contribution in [0.5, 0.6) is 0 Å². The first-order chi connectivity index (χ1) is 10.5. The van der Waals surface area contributed by atoms with Crippen LogP contribution in [0.25, 0.3) is 10.2 Å². The van der Waals surface area contributed by atoms with Crippen LogP contribution in [0.2, 0.25) is 0 Å². The number of thiophene rings is 1. The van der Waals surface area contributed by atoms with Crippen molar-refractivity contribution in [3.8, 4) is 0 Å². The second-order valence-corrected chi connectivity index (χ2v) is 7.64. The highest BCUT2D eigenvalue weighted by atomic mass is 32.2. The van der Waals surface area contributed by atoms with E-state index >= 15 is 0 Å². The Morgan fingerprint density at radius 1 is 1.14 bits per heavy atom. The second kappa shape index (κ2) is 6.26. The van der Waals surface area contributed by atoms with Crippen molar-refractivity contribution in [1.82, 2.24) is 9.97 Å². The Morgan fingerprint density at radius 3 is 2.59 bits per heavy atom. The van der Waals surface area contributed by atoms with E-state index in [1.54, 1.807) is 23.1 Å². The third kappa shape index (κ3) is 3.10. The van der Waals surface area contributed by atoms with Crippen molar-refractivity contribution in [2.75, 3.05) is 0 Å². The van der Waals surface area contributed by atoms with Crippen molar-refractivity contribution in [3.63, 3.8) is 0 Å². The molecule has 3 aromatic rings. The van der Waals surface area contributed by atoms with Crippen LogP contribution in [0.1, 0.15) is 27.4 Å². The van der Waals surface area contributed by atoms with E-state index in [-0.39, 0.29) is 5.56 Å². The summed E-state index contributed by atoms with van der Waals surface area (Å²) in [5, 5.41) is 0.745. The summed E-state index contributed by atoms with van der Waals surface area (Å²) in [5.41, 5.74) is 3.60. The topological polar surface area (TPSA) is 45.8 Å². The zero-order valence-corrected chi connectivity index (χ0v) is 14.5. The standard InChI is InChI=1S/C17H18N2OS2/c1-10-4-6-13(7-5-10)8-21-9-14-18-16(20)15-11(2)12(3)22-17(15)19-14/h4-7H,8-9H2,1-3H3,(H,18,19,20). The van der Waals surface area contributed by atoms with Gasteiger partial charge in [0, 0.05) is 10.6 Å². The minimum Gasteiger partial charge on any atom is -0.309 e. The molecule has 5 heteroatoms. The van der Waals surface area contributed by atoms with Gasteiger partial charge in [0.25, 0.3) is 5.56 Å². The summed E-state index contributed by atoms with van der Waals surface area (Å²) in [7, 11) is 0. The Morgan fingerprint density at radius 2 is 1.86 bits per heavy atom. The van der Waals surface area contributed by atoms with E-state index in [1.165, 1.54) is 11.1 Å². The molecule has 0 saturated heterocycles. The Bertz CT molecular complexity index is 863. The number of H-pyrrole nitrogens is 1. The van der Waals surface area contributed by atoms with Gasteiger partial charge in [-0.05, 0) is 31.9 Å². The number of benzene rings is 1. The molecule has 1 aromatic carbocycles. The van der Waals surface area contributed by atoms with E-state index < -0.39 is 0 Å². The van der Waals surface area contributed by atoms with E-state index in [2.05, 4.69) is 41.2 Å². The molecule has 2 heterocycles. The first kappa shape index (κ1) is 15.3. The van der Waals surface area contributed by atoms with Gasteiger partial charge in [0.2, 0.25) is 0 Å². The third-order valence-electron chi connectivity index (χ3n) is 3.72. The zero-order chi connectivity index (χ0) is 15.7. The molecule has 0 fully saturated rings. The molecule has 0 amide bonds. The van der Waals surface area contributed by atoms with Crippen LogP contribution in [0.3, 0.4) is 0 Å². The number of hydrogen-bond acceptors (Lipinski definition) is 4. The normalized spacial score (nSPS) is 11.2. The minimum atomic E-state index is -0.0159. The van der Waals surface area contributed by atoms with Gasteiger partial charge in [0.1, 0.15) is 10.7 Å². The van der Waals surface area contributed by atoms with E-state index in [0.717, 1.165) is 38.0 Å². The number of nitrogens with zero attached hydrogens (tertiary/aromatic N) is 1. The summed E-state index contributed by atoms with van der Waals surface area (Å²) in [6.45, 7) is 6.11. The fourth-order valence-electron chi connectivity index (χ4n) is 2.32. The van der Waals surface area contributed by atoms with Crippen molar-refractivity contribution in [1.29, 1.82) is 0 Å². The monoisotopic (exact) mass is 330 g/mol. The van der Waals surface area contributed by atoms with Gasteiger partial charge in [-0.3, -0.25) is 4.79 Å². The van der Waals surface area contributed by atoms with Gasteiger partial charge in [0.15, 0.2) is 0 Å². The number of nitrogens with one attached hydrogen (secondary N) is 1. The van der Waals surface area contributed by atoms with Crippen LogP contribution in [0.15, 0.2) is 29.1 Å². The number of aromatic amines is 1. The molecular weight excluding hydrogens is 312 g/mol. The predicted molar refractivity (Wildman–Crippen MR) is 95.9 cm³/mol. The number of hydrogen-bond donors (Lipinski definition) is 1. The number of fused-ring (bicyclic) bond motifs is 1. The smallest absolute Gasteiger partial charge is 0.259 e. The summed E-state index contributed by atoms with van der Waals surface area (Å²) in [6, 6.07) is 8.54. The second-order valence-electron chi connectivity index (χ2n) is 5.45. The van der Waals surface area contributed by atoms with Crippen molar-refractivity contribution in [3.05, 3.63) is 62.0 Å². The van der Waals surface area contributed by atoms with Gasteiger partial charge in [-0.1, -0.05) is 29.8 Å². The summed E-state index contributed by atoms with van der Waals surface area (Å²) in [4.78, 5) is 21.7. The molecule has 0 aliphatic rings. The minimum absolute atomic E-state index is 0.0159. The van der Waals surface area contributed by atoms with Crippen molar-refractivity contribution in [2.45, 2.75) is 32.3 Å². The Kier molecular flexibility index (Phi) is 4.36. The predicted octanol–water partition coefficient (Wildman–Crippen LogP) is 4.34. The largest absolute Gasteiger partial charge is 0.309 e. The lowest BCUT2D eigenvalue weighted by Gasteiger charge is -2.03. The first-order valence-corrected chi connectivity index (χ1v) is 9.14. The van der Waals surface area contributed by atoms with Crippen LogP contribution in [-0.4, -0.2) is 9.97 Å². The molecule has 22 heavy (non-hydrogen) atoms. The quantitative estimate of drug-likeness (QED) is 0.774. The van der Waals surface area contributed by atoms with Gasteiger partial charge >= 0.3 is 0 Å². The number of aromatic nitrogens is 2. The molecule has 0 aliphatic heterocycles. The molecule has 0 saturated carbocycles. The van der Waals surface area contributed by atoms with Gasteiger partial charge in [-0.25, -0.2) is 4.98 Å². The maximum Gasteiger partial charge on any atom is 0.259 e. The molecule has 0 atom stereocenters. The Hall–Kier alpha value is -1.59. The van der Waals surface area contributed by atoms with Gasteiger partial charge in [0.05, 0.1) is 11.1 Å². The molecule has 0 unspecified atom stereocenters. The molecule has 0 radical (unpaired) electrons. The zero-order valence-electron chi connectivity index (χ0n) is 12.9. The maximum atomic E-state index is 12.2. The molecule has 114 valence electrons. The molecule has 0 aliphatic carbocycles. The maximum absolute atomic E-state index is 12.2. The number of aryl methyl sites for hydroxylation is 3. The van der Waals surface area contributed by atoms with E-state index in [0.29, 0.717) is 0 Å². The van der Waals surface area contributed by atoms with Crippen LogP contribution in [-0.2, 0) is 11.5 Å². The molecule has 3 rings (SSSR count). The highest BCUT2D eigenvalue weighted by Gasteiger charge is 2.11. The Labute approximate surface area is 137 Å². The molecule has 1 N–H and O–H groups in total. The average Bonchev–Trinajstić information content (AvgIpc) is 2.76. The fraction of sp³-hybridized carbons (Fsp3) is 0.294. The third-order valence-corrected chi connectivity index (χ3v) is 5.83. The molecule has 0 bridgehead atoms. The summed E-state index contributed by atoms with van der Waals surface area (Å²) in [6.07, 6.45) is 0. The lowest BCUT2D eigenvalue weighted by molar-refractivity contribution is 1.04. The van der Waals surface area contributed by atoms with Crippen LogP contribution < -0.4 is 5.56 Å². The van der Waals surface area contributed by atoms with Crippen LogP contribution in [0.4, 0.5) is 0 Å². The number of rotatable bonds is 4. The lowest BCUT2D eigenvalue weighted by Crippen LogP contribution is -2.10. The molecular formula is C17H18N2OS2. The fourth-order valence-corrected chi connectivity index (χ4v) is 4.23. The van der Waals surface area contributed by atoms with Crippen LogP contribution >= 0.6 is 23.1 Å². The highest BCUT2D eigenvalue weighted by molar-refractivity contribution is 7.97. The van der Waals surface area contributed by atoms with Crippen molar-refractivity contribution >= 4 is 33.3 Å². The molecule has 2 aromatic heterocycles. The first-order valence-electron chi connectivity index (χ1n) is 7.17. The summed E-state index contributed by atoms with van der Waals surface area (Å²) < 4.78 is 0. The Balaban J connectivity index is 1.74. The van der Waals surface area contributed by atoms with Crippen LogP contribution in [0, 0.1) is 20.8 Å². The van der Waals surface area contributed by atoms with E-state index in [1.807, 2.05) is 13.8 Å². The number of thioether (sulfide) groups is 1. The van der Waals surface area contributed by atoms with Crippen molar-refractivity contribution < 1.29 is 0 Å². The summed E-state index contributed by atoms with van der Waals surface area (Å²) >= 11 is 3.36. The lowest BCUT2D eigenvalue weighted by atomic mass is 10.2. The highest BCUT2D eigenvalue weighted by Crippen LogP contribution is 2.26. The van der Waals surface area contributed by atoms with E-state index in [9.17, 15) is 4.79 Å². The average molecular weight is 330 g/mol. The van der Waals surface area contributed by atoms with E-state index in [4.69, 9.17) is 0 Å². The SMILES string of the molecule is Cc1ccc(CSCc2nc3sc(C)c(C)c3c(=O)[nH]2)cc1. The van der Waals surface area contributed by atoms with Gasteiger partial charge in [-0.15, -0.1) is 23.1 Å². The summed E-state index contributed by atoms with van der Waals surface area (Å²) in [5.74, 6) is 2.40. The van der Waals surface area contributed by atoms with Crippen molar-refractivity contribution in [2.24, 2.45) is 0 Å². The molecule has 0 spiro atoms. The van der Waals surface area contributed by atoms with Gasteiger partial charge in [-0.2, -0.15) is 0 Å². The van der Waals surface area contributed by atoms with Gasteiger partial charge < -0.3 is 4.98 Å².